The number of hydrogen-bond donors (Lipinski definition) is 1. The van der Waals surface area contributed by atoms with Crippen LogP contribution in [0.4, 0.5) is 9.18 Å². The van der Waals surface area contributed by atoms with E-state index in [-0.39, 0.29) is 36.7 Å². The van der Waals surface area contributed by atoms with Crippen molar-refractivity contribution in [1.29, 1.82) is 0 Å². The van der Waals surface area contributed by atoms with Gasteiger partial charge in [-0.25, -0.2) is 14.0 Å². The van der Waals surface area contributed by atoms with E-state index in [9.17, 15) is 18.8 Å². The van der Waals surface area contributed by atoms with Crippen molar-refractivity contribution >= 4 is 29.5 Å². The Balaban J connectivity index is 1.62. The van der Waals surface area contributed by atoms with Crippen LogP contribution in [0, 0.1) is 5.82 Å². The van der Waals surface area contributed by atoms with Crippen LogP contribution in [0.15, 0.2) is 59.8 Å². The Morgan fingerprint density at radius 3 is 2.51 bits per heavy atom. The van der Waals surface area contributed by atoms with E-state index in [1.54, 1.807) is 55.3 Å². The first-order valence-electron chi connectivity index (χ1n) is 12.2. The maximum atomic E-state index is 14.2. The van der Waals surface area contributed by atoms with E-state index in [1.807, 2.05) is 6.92 Å². The van der Waals surface area contributed by atoms with Gasteiger partial charge in [0, 0.05) is 50.0 Å². The maximum absolute atomic E-state index is 14.2. The number of esters is 1. The summed E-state index contributed by atoms with van der Waals surface area (Å²) in [7, 11) is 1.61. The third kappa shape index (κ3) is 5.47. The summed E-state index contributed by atoms with van der Waals surface area (Å²) in [6, 6.07) is 11.6. The predicted molar refractivity (Wildman–Crippen MR) is 137 cm³/mol. The van der Waals surface area contributed by atoms with Gasteiger partial charge >= 0.3 is 12.0 Å². The van der Waals surface area contributed by atoms with Crippen LogP contribution in [0.3, 0.4) is 0 Å². The molecule has 196 valence electrons. The summed E-state index contributed by atoms with van der Waals surface area (Å²) in [4.78, 5) is 44.3. The summed E-state index contributed by atoms with van der Waals surface area (Å²) in [6.07, 6.45) is 0. The molecule has 4 rings (SSSR count). The van der Waals surface area contributed by atoms with Crippen LogP contribution in [0.5, 0.6) is 0 Å². The van der Waals surface area contributed by atoms with Gasteiger partial charge in [0.25, 0.3) is 5.91 Å². The minimum Gasteiger partial charge on any atom is -0.463 e. The first kappa shape index (κ1) is 26.6. The van der Waals surface area contributed by atoms with Crippen molar-refractivity contribution in [2.75, 3.05) is 39.8 Å². The fourth-order valence-corrected chi connectivity index (χ4v) is 5.06. The van der Waals surface area contributed by atoms with Crippen LogP contribution in [0.2, 0.25) is 5.02 Å². The molecule has 37 heavy (non-hydrogen) atoms. The van der Waals surface area contributed by atoms with Crippen LogP contribution in [0.1, 0.15) is 35.8 Å². The summed E-state index contributed by atoms with van der Waals surface area (Å²) in [6.45, 7) is 5.42. The third-order valence-corrected chi connectivity index (χ3v) is 7.08. The van der Waals surface area contributed by atoms with E-state index in [2.05, 4.69) is 10.2 Å². The maximum Gasteiger partial charge on any atom is 0.338 e. The second-order valence-corrected chi connectivity index (χ2v) is 9.51. The van der Waals surface area contributed by atoms with Gasteiger partial charge in [-0.05, 0) is 37.6 Å². The zero-order chi connectivity index (χ0) is 26.7. The van der Waals surface area contributed by atoms with Gasteiger partial charge in [-0.15, -0.1) is 0 Å². The molecule has 2 aromatic rings. The normalized spacial score (nSPS) is 20.6. The Hall–Kier alpha value is -3.43. The van der Waals surface area contributed by atoms with Crippen LogP contribution in [-0.2, 0) is 9.53 Å². The van der Waals surface area contributed by atoms with Gasteiger partial charge in [-0.2, -0.15) is 0 Å². The van der Waals surface area contributed by atoms with E-state index < -0.39 is 17.8 Å². The first-order valence-corrected chi connectivity index (χ1v) is 12.6. The molecule has 0 radical (unpaired) electrons. The largest absolute Gasteiger partial charge is 0.463 e. The van der Waals surface area contributed by atoms with Crippen molar-refractivity contribution < 1.29 is 23.5 Å². The van der Waals surface area contributed by atoms with Gasteiger partial charge in [0.2, 0.25) is 0 Å². The number of likely N-dealkylation sites (N-methyl/N-ethyl adjacent to an activating group) is 1. The zero-order valence-corrected chi connectivity index (χ0v) is 21.8. The molecule has 0 unspecified atom stereocenters. The molecule has 0 bridgehead atoms. The summed E-state index contributed by atoms with van der Waals surface area (Å²) >= 11 is 6.44. The molecular formula is C27H30ClFN4O4. The monoisotopic (exact) mass is 528 g/mol. The number of nitrogens with one attached hydrogen (secondary N) is 1. The molecule has 1 N–H and O–H groups in total. The van der Waals surface area contributed by atoms with Crippen molar-refractivity contribution in [3.8, 4) is 0 Å². The van der Waals surface area contributed by atoms with Gasteiger partial charge < -0.3 is 15.0 Å². The molecule has 2 aliphatic heterocycles. The number of amides is 3. The van der Waals surface area contributed by atoms with E-state index in [4.69, 9.17) is 16.3 Å². The smallest absolute Gasteiger partial charge is 0.338 e. The summed E-state index contributed by atoms with van der Waals surface area (Å²) in [5, 5.41) is 3.29. The van der Waals surface area contributed by atoms with Crippen LogP contribution in [-0.4, -0.2) is 78.5 Å². The number of carbonyl (C=O) groups excluding carboxylic acids is 3. The minimum absolute atomic E-state index is 0.0429. The molecule has 10 heteroatoms. The molecule has 2 heterocycles. The van der Waals surface area contributed by atoms with Crippen molar-refractivity contribution in [3.63, 3.8) is 0 Å². The molecule has 3 amide bonds. The molecule has 2 aliphatic rings. The highest BCUT2D eigenvalue weighted by molar-refractivity contribution is 6.31. The summed E-state index contributed by atoms with van der Waals surface area (Å²) in [5.74, 6) is -1.44. The Morgan fingerprint density at radius 2 is 1.84 bits per heavy atom. The quantitative estimate of drug-likeness (QED) is 0.576. The van der Waals surface area contributed by atoms with Crippen LogP contribution in [0.25, 0.3) is 0 Å². The number of nitrogens with zero attached hydrogens (tertiary/aromatic N) is 3. The fraction of sp³-hybridized carbons (Fsp3) is 0.370. The van der Waals surface area contributed by atoms with Gasteiger partial charge in [-0.1, -0.05) is 41.9 Å². The molecule has 1 fully saturated rings. The van der Waals surface area contributed by atoms with Crippen molar-refractivity contribution in [2.24, 2.45) is 0 Å². The highest BCUT2D eigenvalue weighted by atomic mass is 35.5. The average Bonchev–Trinajstić information content (AvgIpc) is 2.87. The standard InChI is InChI=1S/C27H30ClFN4O4/c1-4-37-26(35)23-22(31(3)27(36)30-24(23)18-9-5-7-11-20(18)28)16-32-13-14-33(17(2)15-32)25(34)19-10-6-8-12-21(19)29/h5-12,17,24H,4,13-16H2,1-3H3,(H,30,36)/t17-,24-/m1/s1. The summed E-state index contributed by atoms with van der Waals surface area (Å²) in [5.41, 5.74) is 1.46. The molecule has 0 saturated carbocycles. The molecule has 2 atom stereocenters. The number of ether oxygens (including phenoxy) is 1. The lowest BCUT2D eigenvalue weighted by molar-refractivity contribution is -0.139. The topological polar surface area (TPSA) is 82.2 Å². The first-order chi connectivity index (χ1) is 17.7. The van der Waals surface area contributed by atoms with E-state index in [0.717, 1.165) is 0 Å². The third-order valence-electron chi connectivity index (χ3n) is 6.74. The molecule has 0 aromatic heterocycles. The van der Waals surface area contributed by atoms with Gasteiger partial charge in [0.05, 0.1) is 23.8 Å². The number of halogens is 2. The van der Waals surface area contributed by atoms with E-state index in [1.165, 1.54) is 17.0 Å². The minimum atomic E-state index is -0.771. The molecule has 2 aromatic carbocycles. The molecule has 0 aliphatic carbocycles. The number of rotatable bonds is 6. The van der Waals surface area contributed by atoms with E-state index in [0.29, 0.717) is 41.5 Å². The number of piperazine rings is 1. The predicted octanol–water partition coefficient (Wildman–Crippen LogP) is 3.84. The van der Waals surface area contributed by atoms with Crippen molar-refractivity contribution in [1.82, 2.24) is 20.0 Å². The van der Waals surface area contributed by atoms with Gasteiger partial charge in [0.15, 0.2) is 0 Å². The molecule has 0 spiro atoms. The Labute approximate surface area is 220 Å². The highest BCUT2D eigenvalue weighted by Gasteiger charge is 2.39. The Bertz CT molecular complexity index is 1240. The summed E-state index contributed by atoms with van der Waals surface area (Å²) < 4.78 is 19.6. The lowest BCUT2D eigenvalue weighted by Crippen LogP contribution is -2.56. The number of urea groups is 1. The zero-order valence-electron chi connectivity index (χ0n) is 21.0. The lowest BCUT2D eigenvalue weighted by Gasteiger charge is -2.42. The molecular weight excluding hydrogens is 499 g/mol. The number of carbonyl (C=O) groups is 3. The van der Waals surface area contributed by atoms with E-state index >= 15 is 0 Å². The number of benzene rings is 2. The van der Waals surface area contributed by atoms with Crippen molar-refractivity contribution in [2.45, 2.75) is 25.9 Å². The fourth-order valence-electron chi connectivity index (χ4n) is 4.82. The molecule has 1 saturated heterocycles. The average molecular weight is 529 g/mol. The lowest BCUT2D eigenvalue weighted by atomic mass is 9.94. The molecule has 8 nitrogen and oxygen atoms in total. The van der Waals surface area contributed by atoms with Gasteiger partial charge in [-0.3, -0.25) is 14.6 Å². The van der Waals surface area contributed by atoms with Gasteiger partial charge in [0.1, 0.15) is 5.82 Å². The Kier molecular flexibility index (Phi) is 8.14. The Morgan fingerprint density at radius 1 is 1.14 bits per heavy atom. The van der Waals surface area contributed by atoms with Crippen molar-refractivity contribution in [3.05, 3.63) is 81.8 Å². The van der Waals surface area contributed by atoms with Crippen LogP contribution >= 0.6 is 11.6 Å². The highest BCUT2D eigenvalue weighted by Crippen LogP contribution is 2.35. The number of hydrogen-bond acceptors (Lipinski definition) is 5. The SMILES string of the molecule is CCOC(=O)C1=C(CN2CCN(C(=O)c3ccccc3F)[C@H](C)C2)N(C)C(=O)N[C@@H]1c1ccccc1Cl. The second-order valence-electron chi connectivity index (χ2n) is 9.11. The van der Waals surface area contributed by atoms with Crippen LogP contribution < -0.4 is 5.32 Å². The second kappa shape index (κ2) is 11.3.